The van der Waals surface area contributed by atoms with Gasteiger partial charge >= 0.3 is 5.97 Å². The molecule has 1 aromatic carbocycles. The summed E-state index contributed by atoms with van der Waals surface area (Å²) in [7, 11) is 0. The van der Waals surface area contributed by atoms with Crippen LogP contribution in [0.15, 0.2) is 54.3 Å². The van der Waals surface area contributed by atoms with Crippen molar-refractivity contribution < 1.29 is 14.3 Å². The van der Waals surface area contributed by atoms with E-state index < -0.39 is 0 Å². The van der Waals surface area contributed by atoms with Crippen LogP contribution in [-0.4, -0.2) is 12.6 Å². The van der Waals surface area contributed by atoms with Crippen LogP contribution in [0.4, 0.5) is 0 Å². The van der Waals surface area contributed by atoms with Crippen LogP contribution in [0.5, 0.6) is 0 Å². The average Bonchev–Trinajstić information content (AvgIpc) is 2.90. The third-order valence-electron chi connectivity index (χ3n) is 3.70. The van der Waals surface area contributed by atoms with E-state index in [0.29, 0.717) is 13.2 Å². The van der Waals surface area contributed by atoms with E-state index in [1.54, 1.807) is 6.26 Å². The van der Waals surface area contributed by atoms with Crippen LogP contribution < -0.4 is 0 Å². The van der Waals surface area contributed by atoms with Crippen molar-refractivity contribution in [1.29, 1.82) is 0 Å². The number of carbonyl (C=O) groups excluding carboxylic acids is 1. The lowest BCUT2D eigenvalue weighted by atomic mass is 10.0. The lowest BCUT2D eigenvalue weighted by Crippen LogP contribution is -2.00. The second-order valence-corrected chi connectivity index (χ2v) is 5.49. The Morgan fingerprint density at radius 1 is 1.27 bits per heavy atom. The number of cyclic esters (lactones) is 1. The third kappa shape index (κ3) is 5.06. The van der Waals surface area contributed by atoms with E-state index in [4.69, 9.17) is 9.47 Å². The van der Waals surface area contributed by atoms with E-state index in [0.717, 1.165) is 24.0 Å². The number of esters is 1. The van der Waals surface area contributed by atoms with Crippen molar-refractivity contribution in [2.45, 2.75) is 39.2 Å². The Labute approximate surface area is 132 Å². The molecule has 22 heavy (non-hydrogen) atoms. The molecule has 3 heteroatoms. The maximum Gasteiger partial charge on any atom is 0.334 e. The summed E-state index contributed by atoms with van der Waals surface area (Å²) in [5.41, 5.74) is 1.90. The number of rotatable bonds is 8. The summed E-state index contributed by atoms with van der Waals surface area (Å²) < 4.78 is 10.7. The molecule has 1 atom stereocenters. The van der Waals surface area contributed by atoms with E-state index >= 15 is 0 Å². The van der Waals surface area contributed by atoms with Gasteiger partial charge in [0, 0.05) is 11.5 Å². The van der Waals surface area contributed by atoms with Crippen molar-refractivity contribution in [3.8, 4) is 0 Å². The fourth-order valence-electron chi connectivity index (χ4n) is 2.40. The zero-order valence-electron chi connectivity index (χ0n) is 13.2. The first-order valence-electron chi connectivity index (χ1n) is 8.00. The Bertz CT molecular complexity index is 517. The number of hydrogen-bond acceptors (Lipinski definition) is 3. The minimum Gasteiger partial charge on any atom is -0.497 e. The van der Waals surface area contributed by atoms with Crippen LogP contribution >= 0.6 is 0 Å². The summed E-state index contributed by atoms with van der Waals surface area (Å²) in [6.07, 6.45) is 10.1. The molecule has 1 saturated heterocycles. The predicted molar refractivity (Wildman–Crippen MR) is 87.0 cm³/mol. The maximum atomic E-state index is 11.7. The molecule has 1 heterocycles. The maximum absolute atomic E-state index is 11.7. The van der Waals surface area contributed by atoms with Gasteiger partial charge in [0.2, 0.25) is 0 Å². The third-order valence-corrected chi connectivity index (χ3v) is 3.70. The topological polar surface area (TPSA) is 35.5 Å². The van der Waals surface area contributed by atoms with Crippen LogP contribution in [0.3, 0.4) is 0 Å². The van der Waals surface area contributed by atoms with Crippen molar-refractivity contribution >= 4 is 5.97 Å². The average molecular weight is 300 g/mol. The van der Waals surface area contributed by atoms with Gasteiger partial charge in [-0.15, -0.1) is 0 Å². The van der Waals surface area contributed by atoms with Gasteiger partial charge in [-0.1, -0.05) is 56.2 Å². The van der Waals surface area contributed by atoms with Crippen LogP contribution in [0.25, 0.3) is 0 Å². The molecule has 1 fully saturated rings. The normalized spacial score (nSPS) is 19.8. The second-order valence-electron chi connectivity index (χ2n) is 5.49. The van der Waals surface area contributed by atoms with E-state index in [2.05, 4.69) is 6.92 Å². The van der Waals surface area contributed by atoms with Crippen LogP contribution in [-0.2, 0) is 20.9 Å². The fourth-order valence-corrected chi connectivity index (χ4v) is 2.40. The molecule has 0 amide bonds. The van der Waals surface area contributed by atoms with Gasteiger partial charge in [0.15, 0.2) is 0 Å². The first-order chi connectivity index (χ1) is 10.8. The van der Waals surface area contributed by atoms with Crippen molar-refractivity contribution in [2.75, 3.05) is 6.61 Å². The Hall–Kier alpha value is -2.03. The van der Waals surface area contributed by atoms with Gasteiger partial charge < -0.3 is 9.47 Å². The molecule has 0 N–H and O–H groups in total. The molecule has 0 bridgehead atoms. The summed E-state index contributed by atoms with van der Waals surface area (Å²) in [4.78, 5) is 11.7. The van der Waals surface area contributed by atoms with E-state index in [1.165, 1.54) is 12.8 Å². The summed E-state index contributed by atoms with van der Waals surface area (Å²) in [6.45, 7) is 3.13. The molecule has 0 unspecified atom stereocenters. The summed E-state index contributed by atoms with van der Waals surface area (Å²) in [6, 6.07) is 10.0. The summed E-state index contributed by atoms with van der Waals surface area (Å²) in [5, 5.41) is 0. The quantitative estimate of drug-likeness (QED) is 0.309. The standard InChI is InChI=1S/C19H24O3/c1-2-3-4-8-11-18-17(15-22-19(18)20)12-13-21-14-16-9-6-5-7-10-16/h5-7,9-13,17H,2-4,8,14-15H2,1H3/b13-12+,18-11-/t17-/m1/s1. The van der Waals surface area contributed by atoms with Crippen molar-refractivity contribution in [2.24, 2.45) is 5.92 Å². The molecule has 0 saturated carbocycles. The van der Waals surface area contributed by atoms with Gasteiger partial charge in [0.1, 0.15) is 13.2 Å². The Balaban J connectivity index is 1.82. The van der Waals surface area contributed by atoms with Gasteiger partial charge in [0.25, 0.3) is 0 Å². The zero-order valence-corrected chi connectivity index (χ0v) is 13.2. The summed E-state index contributed by atoms with van der Waals surface area (Å²) in [5.74, 6) is -0.167. The first kappa shape index (κ1) is 16.3. The van der Waals surface area contributed by atoms with E-state index in [-0.39, 0.29) is 11.9 Å². The Morgan fingerprint density at radius 2 is 2.09 bits per heavy atom. The molecule has 1 aromatic rings. The zero-order chi connectivity index (χ0) is 15.6. The van der Waals surface area contributed by atoms with Gasteiger partial charge in [0.05, 0.1) is 6.26 Å². The molecule has 0 aromatic heterocycles. The monoisotopic (exact) mass is 300 g/mol. The first-order valence-corrected chi connectivity index (χ1v) is 8.00. The fraction of sp³-hybridized carbons (Fsp3) is 0.421. The highest BCUT2D eigenvalue weighted by atomic mass is 16.5. The van der Waals surface area contributed by atoms with Crippen LogP contribution in [0.1, 0.15) is 38.2 Å². The number of carbonyl (C=O) groups is 1. The van der Waals surface area contributed by atoms with Gasteiger partial charge in [-0.3, -0.25) is 0 Å². The van der Waals surface area contributed by atoms with E-state index in [9.17, 15) is 4.79 Å². The SMILES string of the molecule is CCCCC/C=C1\C(=O)OC[C@H]1/C=C/OCc1ccccc1. The number of ether oxygens (including phenoxy) is 2. The lowest BCUT2D eigenvalue weighted by Gasteiger charge is -2.04. The van der Waals surface area contributed by atoms with Crippen molar-refractivity contribution in [3.63, 3.8) is 0 Å². The molecule has 0 aliphatic carbocycles. The molecule has 1 aliphatic rings. The lowest BCUT2D eigenvalue weighted by molar-refractivity contribution is -0.135. The van der Waals surface area contributed by atoms with Crippen molar-refractivity contribution in [3.05, 3.63) is 59.9 Å². The second kappa shape index (κ2) is 9.08. The van der Waals surface area contributed by atoms with Gasteiger partial charge in [-0.05, 0) is 24.5 Å². The largest absolute Gasteiger partial charge is 0.497 e. The van der Waals surface area contributed by atoms with Gasteiger partial charge in [-0.25, -0.2) is 4.79 Å². The number of hydrogen-bond donors (Lipinski definition) is 0. The number of unbranched alkanes of at least 4 members (excludes halogenated alkanes) is 3. The predicted octanol–water partition coefficient (Wildman–Crippen LogP) is 4.40. The van der Waals surface area contributed by atoms with Gasteiger partial charge in [-0.2, -0.15) is 0 Å². The van der Waals surface area contributed by atoms with Crippen molar-refractivity contribution in [1.82, 2.24) is 0 Å². The smallest absolute Gasteiger partial charge is 0.334 e. The minimum absolute atomic E-state index is 0.0184. The Morgan fingerprint density at radius 3 is 2.86 bits per heavy atom. The molecular formula is C19H24O3. The van der Waals surface area contributed by atoms with E-state index in [1.807, 2.05) is 42.5 Å². The summed E-state index contributed by atoms with van der Waals surface area (Å²) >= 11 is 0. The highest BCUT2D eigenvalue weighted by Gasteiger charge is 2.28. The minimum atomic E-state index is -0.186. The molecule has 0 radical (unpaired) electrons. The molecule has 0 spiro atoms. The molecule has 118 valence electrons. The number of allylic oxidation sites excluding steroid dienone is 1. The van der Waals surface area contributed by atoms with Crippen LogP contribution in [0.2, 0.25) is 0 Å². The molecule has 2 rings (SSSR count). The Kier molecular flexibility index (Phi) is 6.75. The molecular weight excluding hydrogens is 276 g/mol. The van der Waals surface area contributed by atoms with Crippen LogP contribution in [0, 0.1) is 5.92 Å². The highest BCUT2D eigenvalue weighted by molar-refractivity contribution is 5.91. The number of benzene rings is 1. The highest BCUT2D eigenvalue weighted by Crippen LogP contribution is 2.23. The molecule has 1 aliphatic heterocycles. The molecule has 3 nitrogen and oxygen atoms in total.